The number of hydrogen-bond donors (Lipinski definition) is 1. The van der Waals surface area contributed by atoms with Crippen LogP contribution >= 0.6 is 0 Å². The third-order valence-corrected chi connectivity index (χ3v) is 2.67. The summed E-state index contributed by atoms with van der Waals surface area (Å²) in [5.74, 6) is 1.33. The fourth-order valence-electron chi connectivity index (χ4n) is 1.64. The van der Waals surface area contributed by atoms with Crippen molar-refractivity contribution in [2.24, 2.45) is 0 Å². The minimum Gasteiger partial charge on any atom is -0.454 e. The summed E-state index contributed by atoms with van der Waals surface area (Å²) in [5, 5.41) is 8.69. The van der Waals surface area contributed by atoms with Gasteiger partial charge >= 0.3 is 0 Å². The van der Waals surface area contributed by atoms with Crippen LogP contribution in [0, 0.1) is 0 Å². The summed E-state index contributed by atoms with van der Waals surface area (Å²) < 4.78 is 10.4. The molecule has 1 amide bonds. The zero-order valence-corrected chi connectivity index (χ0v) is 9.68. The molecule has 0 radical (unpaired) electrons. The number of hydrogen-bond acceptors (Lipinski definition) is 4. The molecule has 5 nitrogen and oxygen atoms in total. The van der Waals surface area contributed by atoms with Crippen LogP contribution in [0.1, 0.15) is 12.8 Å². The van der Waals surface area contributed by atoms with Gasteiger partial charge in [-0.15, -0.1) is 0 Å². The zero-order chi connectivity index (χ0) is 12.3. The predicted octanol–water partition coefficient (Wildman–Crippen LogP) is 1.15. The van der Waals surface area contributed by atoms with E-state index >= 15 is 0 Å². The van der Waals surface area contributed by atoms with Crippen LogP contribution in [-0.2, 0) is 4.79 Å². The Morgan fingerprint density at radius 1 is 1.41 bits per heavy atom. The lowest BCUT2D eigenvalue weighted by atomic mass is 10.2. The van der Waals surface area contributed by atoms with E-state index in [0.717, 1.165) is 5.69 Å². The Morgan fingerprint density at radius 2 is 2.18 bits per heavy atom. The maximum atomic E-state index is 11.7. The molecule has 0 spiro atoms. The molecule has 2 rings (SSSR count). The number of aliphatic hydroxyl groups is 1. The molecule has 0 atom stereocenters. The summed E-state index contributed by atoms with van der Waals surface area (Å²) in [4.78, 5) is 13.3. The van der Waals surface area contributed by atoms with E-state index in [9.17, 15) is 4.79 Å². The number of fused-ring (bicyclic) bond motifs is 1. The Hall–Kier alpha value is -1.75. The Balaban J connectivity index is 2.09. The molecule has 1 aromatic carbocycles. The molecule has 1 aliphatic heterocycles. The maximum absolute atomic E-state index is 11.7. The number of carbonyl (C=O) groups is 1. The second-order valence-electron chi connectivity index (χ2n) is 3.82. The van der Waals surface area contributed by atoms with Crippen LogP contribution in [0.2, 0.25) is 0 Å². The van der Waals surface area contributed by atoms with Gasteiger partial charge in [-0.25, -0.2) is 0 Å². The van der Waals surface area contributed by atoms with Gasteiger partial charge in [0.05, 0.1) is 0 Å². The van der Waals surface area contributed by atoms with E-state index in [2.05, 4.69) is 0 Å². The van der Waals surface area contributed by atoms with Crippen molar-refractivity contribution < 1.29 is 19.4 Å². The first-order chi connectivity index (χ1) is 8.22. The highest BCUT2D eigenvalue weighted by Gasteiger charge is 2.17. The lowest BCUT2D eigenvalue weighted by Crippen LogP contribution is -2.26. The third-order valence-electron chi connectivity index (χ3n) is 2.67. The van der Waals surface area contributed by atoms with E-state index in [1.807, 2.05) is 6.07 Å². The van der Waals surface area contributed by atoms with Gasteiger partial charge in [0, 0.05) is 31.8 Å². The first-order valence-electron chi connectivity index (χ1n) is 5.49. The molecule has 0 saturated heterocycles. The number of nitrogens with zero attached hydrogens (tertiary/aromatic N) is 1. The first-order valence-corrected chi connectivity index (χ1v) is 5.49. The second-order valence-corrected chi connectivity index (χ2v) is 3.82. The quantitative estimate of drug-likeness (QED) is 0.853. The van der Waals surface area contributed by atoms with Gasteiger partial charge in [-0.05, 0) is 18.6 Å². The van der Waals surface area contributed by atoms with Crippen molar-refractivity contribution >= 4 is 11.6 Å². The fraction of sp³-hybridized carbons (Fsp3) is 0.417. The van der Waals surface area contributed by atoms with Gasteiger partial charge in [0.1, 0.15) is 0 Å². The SMILES string of the molecule is CN(C(=O)CCCO)c1ccc2c(c1)OCO2. The molecule has 0 unspecified atom stereocenters. The molecule has 92 valence electrons. The predicted molar refractivity (Wildman–Crippen MR) is 62.3 cm³/mol. The van der Waals surface area contributed by atoms with Crippen LogP contribution in [0.15, 0.2) is 18.2 Å². The fourth-order valence-corrected chi connectivity index (χ4v) is 1.64. The van der Waals surface area contributed by atoms with Gasteiger partial charge in [-0.3, -0.25) is 4.79 Å². The molecule has 17 heavy (non-hydrogen) atoms. The molecule has 1 N–H and O–H groups in total. The van der Waals surface area contributed by atoms with Crippen LogP contribution in [-0.4, -0.2) is 31.5 Å². The van der Waals surface area contributed by atoms with E-state index in [1.54, 1.807) is 24.1 Å². The van der Waals surface area contributed by atoms with Crippen LogP contribution in [0.25, 0.3) is 0 Å². The van der Waals surface area contributed by atoms with Gasteiger partial charge in [0.25, 0.3) is 0 Å². The number of ether oxygens (including phenoxy) is 2. The number of anilines is 1. The second kappa shape index (κ2) is 5.05. The van der Waals surface area contributed by atoms with Crippen molar-refractivity contribution in [1.29, 1.82) is 0 Å². The van der Waals surface area contributed by atoms with Gasteiger partial charge < -0.3 is 19.5 Å². The Bertz CT molecular complexity index is 419. The average Bonchev–Trinajstić information content (AvgIpc) is 2.81. The van der Waals surface area contributed by atoms with Crippen molar-refractivity contribution in [3.63, 3.8) is 0 Å². The monoisotopic (exact) mass is 237 g/mol. The summed E-state index contributed by atoms with van der Waals surface area (Å²) in [5.41, 5.74) is 0.761. The van der Waals surface area contributed by atoms with Crippen molar-refractivity contribution in [3.8, 4) is 11.5 Å². The third kappa shape index (κ3) is 2.50. The highest BCUT2D eigenvalue weighted by Crippen LogP contribution is 2.35. The molecule has 1 aromatic rings. The largest absolute Gasteiger partial charge is 0.454 e. The van der Waals surface area contributed by atoms with Gasteiger partial charge in [0.2, 0.25) is 12.7 Å². The zero-order valence-electron chi connectivity index (χ0n) is 9.68. The highest BCUT2D eigenvalue weighted by atomic mass is 16.7. The molecule has 0 bridgehead atoms. The number of carbonyl (C=O) groups excluding carboxylic acids is 1. The number of rotatable bonds is 4. The molecular weight excluding hydrogens is 222 g/mol. The lowest BCUT2D eigenvalue weighted by molar-refractivity contribution is -0.118. The van der Waals surface area contributed by atoms with Crippen molar-refractivity contribution in [1.82, 2.24) is 0 Å². The molecule has 1 heterocycles. The molecule has 0 aromatic heterocycles. The number of amides is 1. The van der Waals surface area contributed by atoms with E-state index in [-0.39, 0.29) is 19.3 Å². The molecule has 5 heteroatoms. The molecule has 0 saturated carbocycles. The minimum atomic E-state index is -0.0297. The van der Waals surface area contributed by atoms with E-state index in [0.29, 0.717) is 24.3 Å². The smallest absolute Gasteiger partial charge is 0.231 e. The summed E-state index contributed by atoms with van der Waals surface area (Å²) >= 11 is 0. The maximum Gasteiger partial charge on any atom is 0.231 e. The Kier molecular flexibility index (Phi) is 3.49. The molecular formula is C12H15NO4. The van der Waals surface area contributed by atoms with Crippen LogP contribution in [0.5, 0.6) is 11.5 Å². The summed E-state index contributed by atoms with van der Waals surface area (Å²) in [6, 6.07) is 5.37. The summed E-state index contributed by atoms with van der Waals surface area (Å²) in [7, 11) is 1.71. The van der Waals surface area contributed by atoms with Crippen LogP contribution in [0.4, 0.5) is 5.69 Å². The Labute approximate surface area is 99.6 Å². The van der Waals surface area contributed by atoms with E-state index in [4.69, 9.17) is 14.6 Å². The van der Waals surface area contributed by atoms with Crippen molar-refractivity contribution in [2.75, 3.05) is 25.3 Å². The van der Waals surface area contributed by atoms with Gasteiger partial charge in [-0.2, -0.15) is 0 Å². The van der Waals surface area contributed by atoms with E-state index < -0.39 is 0 Å². The topological polar surface area (TPSA) is 59.0 Å². The number of benzene rings is 1. The lowest BCUT2D eigenvalue weighted by Gasteiger charge is -2.17. The standard InChI is InChI=1S/C12H15NO4/c1-13(12(15)3-2-6-14)9-4-5-10-11(7-9)17-8-16-10/h4-5,7,14H,2-3,6,8H2,1H3. The number of aliphatic hydroxyl groups excluding tert-OH is 1. The van der Waals surface area contributed by atoms with E-state index in [1.165, 1.54) is 0 Å². The van der Waals surface area contributed by atoms with Crippen LogP contribution < -0.4 is 14.4 Å². The van der Waals surface area contributed by atoms with Crippen LogP contribution in [0.3, 0.4) is 0 Å². The highest BCUT2D eigenvalue weighted by molar-refractivity contribution is 5.93. The molecule has 0 aliphatic carbocycles. The average molecular weight is 237 g/mol. The Morgan fingerprint density at radius 3 is 2.94 bits per heavy atom. The van der Waals surface area contributed by atoms with Crippen molar-refractivity contribution in [2.45, 2.75) is 12.8 Å². The first kappa shape index (κ1) is 11.7. The molecule has 1 aliphatic rings. The minimum absolute atomic E-state index is 0.0285. The summed E-state index contributed by atoms with van der Waals surface area (Å²) in [6.45, 7) is 0.252. The van der Waals surface area contributed by atoms with Gasteiger partial charge in [0.15, 0.2) is 11.5 Å². The molecule has 0 fully saturated rings. The van der Waals surface area contributed by atoms with Gasteiger partial charge in [-0.1, -0.05) is 0 Å². The normalized spacial score (nSPS) is 12.6. The van der Waals surface area contributed by atoms with Crippen molar-refractivity contribution in [3.05, 3.63) is 18.2 Å². The summed E-state index contributed by atoms with van der Waals surface area (Å²) in [6.07, 6.45) is 0.815.